The molecule has 1 N–H and O–H groups in total. The highest BCUT2D eigenvalue weighted by molar-refractivity contribution is 5.89. The molecule has 1 saturated heterocycles. The standard InChI is InChI=1S/C11H17N3O2/c1-8-6-13-14(10(8)11(15)16-2)9-4-3-5-12-7-9/h6,9,12H,3-5,7H2,1-2H3. The fraction of sp³-hybridized carbons (Fsp3) is 0.636. The maximum absolute atomic E-state index is 11.7. The van der Waals surface area contributed by atoms with E-state index in [4.69, 9.17) is 4.74 Å². The summed E-state index contributed by atoms with van der Waals surface area (Å²) in [5.74, 6) is -0.305. The van der Waals surface area contributed by atoms with Crippen LogP contribution in [0.25, 0.3) is 0 Å². The lowest BCUT2D eigenvalue weighted by atomic mass is 10.1. The molecule has 0 aromatic carbocycles. The normalized spacial score (nSPS) is 20.8. The molecule has 0 amide bonds. The van der Waals surface area contributed by atoms with Gasteiger partial charge in [0.2, 0.25) is 0 Å². The van der Waals surface area contributed by atoms with Gasteiger partial charge in [0.1, 0.15) is 5.69 Å². The molecular weight excluding hydrogens is 206 g/mol. The van der Waals surface area contributed by atoms with Gasteiger partial charge in [-0.25, -0.2) is 4.79 Å². The van der Waals surface area contributed by atoms with Gasteiger partial charge in [-0.1, -0.05) is 0 Å². The lowest BCUT2D eigenvalue weighted by molar-refractivity contribution is 0.0581. The van der Waals surface area contributed by atoms with Crippen LogP contribution in [0.15, 0.2) is 6.20 Å². The van der Waals surface area contributed by atoms with Crippen LogP contribution >= 0.6 is 0 Å². The first kappa shape index (κ1) is 11.1. The van der Waals surface area contributed by atoms with Gasteiger partial charge in [-0.15, -0.1) is 0 Å². The molecule has 1 atom stereocenters. The molecule has 1 fully saturated rings. The number of methoxy groups -OCH3 is 1. The lowest BCUT2D eigenvalue weighted by Gasteiger charge is -2.24. The van der Waals surface area contributed by atoms with Gasteiger partial charge in [0, 0.05) is 12.1 Å². The molecule has 1 aliphatic heterocycles. The lowest BCUT2D eigenvalue weighted by Crippen LogP contribution is -2.33. The number of rotatable bonds is 2. The second-order valence-electron chi connectivity index (χ2n) is 4.11. The number of carbonyl (C=O) groups is 1. The molecule has 0 saturated carbocycles. The number of hydrogen-bond acceptors (Lipinski definition) is 4. The van der Waals surface area contributed by atoms with Gasteiger partial charge < -0.3 is 10.1 Å². The first-order valence-electron chi connectivity index (χ1n) is 5.57. The largest absolute Gasteiger partial charge is 0.464 e. The Kier molecular flexibility index (Phi) is 3.24. The van der Waals surface area contributed by atoms with Gasteiger partial charge in [0.05, 0.1) is 19.3 Å². The van der Waals surface area contributed by atoms with Crippen molar-refractivity contribution < 1.29 is 9.53 Å². The van der Waals surface area contributed by atoms with Crippen molar-refractivity contribution in [3.63, 3.8) is 0 Å². The summed E-state index contributed by atoms with van der Waals surface area (Å²) in [6.45, 7) is 3.79. The molecule has 2 rings (SSSR count). The highest BCUT2D eigenvalue weighted by atomic mass is 16.5. The van der Waals surface area contributed by atoms with E-state index in [1.165, 1.54) is 7.11 Å². The predicted octanol–water partition coefficient (Wildman–Crippen LogP) is 0.903. The van der Waals surface area contributed by atoms with Gasteiger partial charge in [-0.05, 0) is 26.3 Å². The van der Waals surface area contributed by atoms with E-state index in [0.717, 1.165) is 31.5 Å². The van der Waals surface area contributed by atoms with Crippen LogP contribution in [0.4, 0.5) is 0 Å². The number of piperidine rings is 1. The van der Waals surface area contributed by atoms with E-state index in [9.17, 15) is 4.79 Å². The molecule has 0 spiro atoms. The third-order valence-electron chi connectivity index (χ3n) is 2.97. The fourth-order valence-electron chi connectivity index (χ4n) is 2.12. The number of esters is 1. The summed E-state index contributed by atoms with van der Waals surface area (Å²) in [6.07, 6.45) is 3.89. The highest BCUT2D eigenvalue weighted by Gasteiger charge is 2.23. The SMILES string of the molecule is COC(=O)c1c(C)cnn1C1CCCNC1. The van der Waals surface area contributed by atoms with Crippen LogP contribution in [-0.2, 0) is 4.74 Å². The number of ether oxygens (including phenoxy) is 1. The minimum absolute atomic E-state index is 0.261. The van der Waals surface area contributed by atoms with Gasteiger partial charge in [0.25, 0.3) is 0 Å². The van der Waals surface area contributed by atoms with Crippen LogP contribution in [-0.4, -0.2) is 35.9 Å². The van der Waals surface area contributed by atoms with E-state index in [1.807, 2.05) is 6.92 Å². The molecule has 0 bridgehead atoms. The molecule has 0 radical (unpaired) electrons. The molecule has 0 aliphatic carbocycles. The van der Waals surface area contributed by atoms with Gasteiger partial charge in [-0.3, -0.25) is 4.68 Å². The van der Waals surface area contributed by atoms with Crippen molar-refractivity contribution in [2.75, 3.05) is 20.2 Å². The summed E-state index contributed by atoms with van der Waals surface area (Å²) < 4.78 is 6.59. The van der Waals surface area contributed by atoms with Crippen molar-refractivity contribution in [3.05, 3.63) is 17.5 Å². The maximum atomic E-state index is 11.7. The summed E-state index contributed by atoms with van der Waals surface area (Å²) in [5, 5.41) is 7.60. The van der Waals surface area contributed by atoms with Crippen molar-refractivity contribution in [2.45, 2.75) is 25.8 Å². The average Bonchev–Trinajstić information content (AvgIpc) is 2.71. The Morgan fingerprint density at radius 3 is 3.12 bits per heavy atom. The van der Waals surface area contributed by atoms with E-state index in [2.05, 4.69) is 10.4 Å². The number of aryl methyl sites for hydroxylation is 1. The molecule has 1 aliphatic rings. The first-order valence-corrected chi connectivity index (χ1v) is 5.57. The topological polar surface area (TPSA) is 56.1 Å². The summed E-state index contributed by atoms with van der Waals surface area (Å²) in [5.41, 5.74) is 1.45. The predicted molar refractivity (Wildman–Crippen MR) is 59.4 cm³/mol. The molecule has 1 unspecified atom stereocenters. The van der Waals surface area contributed by atoms with Crippen LogP contribution < -0.4 is 5.32 Å². The zero-order chi connectivity index (χ0) is 11.5. The van der Waals surface area contributed by atoms with Crippen LogP contribution in [0.3, 0.4) is 0 Å². The van der Waals surface area contributed by atoms with E-state index in [1.54, 1.807) is 10.9 Å². The summed E-state index contributed by atoms with van der Waals surface area (Å²) in [7, 11) is 1.40. The number of hydrogen-bond donors (Lipinski definition) is 1. The van der Waals surface area contributed by atoms with E-state index in [-0.39, 0.29) is 12.0 Å². The van der Waals surface area contributed by atoms with Crippen molar-refractivity contribution >= 4 is 5.97 Å². The minimum Gasteiger partial charge on any atom is -0.464 e. The fourth-order valence-corrected chi connectivity index (χ4v) is 2.12. The second-order valence-corrected chi connectivity index (χ2v) is 4.11. The third-order valence-corrected chi connectivity index (χ3v) is 2.97. The number of nitrogens with zero attached hydrogens (tertiary/aromatic N) is 2. The van der Waals surface area contributed by atoms with Crippen molar-refractivity contribution in [1.29, 1.82) is 0 Å². The quantitative estimate of drug-likeness (QED) is 0.757. The summed E-state index contributed by atoms with van der Waals surface area (Å²) in [6, 6.07) is 0.261. The first-order chi connectivity index (χ1) is 7.74. The molecular formula is C11H17N3O2. The molecule has 16 heavy (non-hydrogen) atoms. The third kappa shape index (κ3) is 1.95. The van der Waals surface area contributed by atoms with Crippen LogP contribution in [0.5, 0.6) is 0 Å². The molecule has 88 valence electrons. The Morgan fingerprint density at radius 1 is 1.69 bits per heavy atom. The Morgan fingerprint density at radius 2 is 2.50 bits per heavy atom. The number of aromatic nitrogens is 2. The van der Waals surface area contributed by atoms with E-state index in [0.29, 0.717) is 5.69 Å². The molecule has 2 heterocycles. The number of nitrogens with one attached hydrogen (secondary N) is 1. The van der Waals surface area contributed by atoms with Crippen LogP contribution in [0.1, 0.15) is 34.9 Å². The van der Waals surface area contributed by atoms with E-state index < -0.39 is 0 Å². The van der Waals surface area contributed by atoms with Gasteiger partial charge in [0.15, 0.2) is 0 Å². The van der Waals surface area contributed by atoms with Crippen molar-refractivity contribution in [1.82, 2.24) is 15.1 Å². The highest BCUT2D eigenvalue weighted by Crippen LogP contribution is 2.20. The average molecular weight is 223 g/mol. The molecule has 5 heteroatoms. The maximum Gasteiger partial charge on any atom is 0.356 e. The van der Waals surface area contributed by atoms with Crippen molar-refractivity contribution in [2.24, 2.45) is 0 Å². The summed E-state index contributed by atoms with van der Waals surface area (Å²) >= 11 is 0. The zero-order valence-electron chi connectivity index (χ0n) is 9.69. The number of carbonyl (C=O) groups excluding carboxylic acids is 1. The zero-order valence-corrected chi connectivity index (χ0v) is 9.69. The summed E-state index contributed by atoms with van der Waals surface area (Å²) in [4.78, 5) is 11.7. The Labute approximate surface area is 94.8 Å². The monoisotopic (exact) mass is 223 g/mol. The minimum atomic E-state index is -0.305. The Hall–Kier alpha value is -1.36. The Balaban J connectivity index is 2.29. The Bertz CT molecular complexity index is 381. The van der Waals surface area contributed by atoms with Gasteiger partial charge in [-0.2, -0.15) is 5.10 Å². The smallest absolute Gasteiger partial charge is 0.356 e. The second kappa shape index (κ2) is 4.65. The molecule has 1 aromatic heterocycles. The van der Waals surface area contributed by atoms with E-state index >= 15 is 0 Å². The molecule has 5 nitrogen and oxygen atoms in total. The molecule has 1 aromatic rings. The van der Waals surface area contributed by atoms with Crippen molar-refractivity contribution in [3.8, 4) is 0 Å². The van der Waals surface area contributed by atoms with Crippen LogP contribution in [0.2, 0.25) is 0 Å². The van der Waals surface area contributed by atoms with Crippen LogP contribution in [0, 0.1) is 6.92 Å². The van der Waals surface area contributed by atoms with Gasteiger partial charge >= 0.3 is 5.97 Å².